The van der Waals surface area contributed by atoms with Crippen molar-refractivity contribution in [3.63, 3.8) is 0 Å². The van der Waals surface area contributed by atoms with Gasteiger partial charge in [-0.1, -0.05) is 25.7 Å². The Morgan fingerprint density at radius 1 is 1.23 bits per heavy atom. The van der Waals surface area contributed by atoms with E-state index in [1.165, 1.54) is 44.2 Å². The lowest BCUT2D eigenvalue weighted by Gasteiger charge is -2.09. The van der Waals surface area contributed by atoms with Crippen LogP contribution in [0.3, 0.4) is 0 Å². The van der Waals surface area contributed by atoms with Crippen LogP contribution in [0.1, 0.15) is 50.1 Å². The van der Waals surface area contributed by atoms with Gasteiger partial charge in [-0.3, -0.25) is 0 Å². The molecule has 0 saturated heterocycles. The van der Waals surface area contributed by atoms with Crippen LogP contribution in [-0.4, -0.2) is 4.98 Å². The van der Waals surface area contributed by atoms with Gasteiger partial charge >= 0.3 is 0 Å². The van der Waals surface area contributed by atoms with Crippen LogP contribution in [0.15, 0.2) is 5.38 Å². The first-order valence-electron chi connectivity index (χ1n) is 5.07. The summed E-state index contributed by atoms with van der Waals surface area (Å²) in [6.07, 6.45) is 8.14. The van der Waals surface area contributed by atoms with Gasteiger partial charge in [0.05, 0.1) is 5.69 Å². The molecule has 1 aliphatic carbocycles. The average Bonchev–Trinajstić information content (AvgIpc) is 2.43. The maximum atomic E-state index is 5.63. The molecule has 0 atom stereocenters. The Balaban J connectivity index is 2.06. The Morgan fingerprint density at radius 3 is 2.46 bits per heavy atom. The van der Waals surface area contributed by atoms with Crippen molar-refractivity contribution in [3.8, 4) is 0 Å². The highest BCUT2D eigenvalue weighted by molar-refractivity contribution is 7.13. The van der Waals surface area contributed by atoms with Gasteiger partial charge in [-0.15, -0.1) is 11.3 Å². The number of hydrogen-bond acceptors (Lipinski definition) is 3. The van der Waals surface area contributed by atoms with Crippen molar-refractivity contribution in [1.82, 2.24) is 4.98 Å². The standard InChI is InChI=1S/C10H16N2S/c11-10-12-9(7-13-10)8-5-3-1-2-4-6-8/h7-8H,1-6H2,(H2,11,12). The second-order valence-electron chi connectivity index (χ2n) is 3.80. The summed E-state index contributed by atoms with van der Waals surface area (Å²) < 4.78 is 0. The van der Waals surface area contributed by atoms with Crippen LogP contribution in [-0.2, 0) is 0 Å². The van der Waals surface area contributed by atoms with Gasteiger partial charge in [-0.2, -0.15) is 0 Å². The zero-order valence-electron chi connectivity index (χ0n) is 7.83. The number of nitrogen functional groups attached to an aromatic ring is 1. The Labute approximate surface area is 83.2 Å². The quantitative estimate of drug-likeness (QED) is 0.701. The third-order valence-electron chi connectivity index (χ3n) is 2.81. The van der Waals surface area contributed by atoms with Gasteiger partial charge in [0.25, 0.3) is 0 Å². The fraction of sp³-hybridized carbons (Fsp3) is 0.700. The van der Waals surface area contributed by atoms with Crippen LogP contribution in [0, 0.1) is 0 Å². The molecule has 1 aromatic rings. The summed E-state index contributed by atoms with van der Waals surface area (Å²) in [6, 6.07) is 0. The molecular weight excluding hydrogens is 180 g/mol. The number of thiazole rings is 1. The highest BCUT2D eigenvalue weighted by atomic mass is 32.1. The van der Waals surface area contributed by atoms with E-state index >= 15 is 0 Å². The van der Waals surface area contributed by atoms with E-state index in [9.17, 15) is 0 Å². The number of nitrogens with two attached hydrogens (primary N) is 1. The predicted octanol–water partition coefficient (Wildman–Crippen LogP) is 3.16. The molecule has 2 rings (SSSR count). The lowest BCUT2D eigenvalue weighted by Crippen LogP contribution is -1.97. The Morgan fingerprint density at radius 2 is 1.92 bits per heavy atom. The average molecular weight is 196 g/mol. The molecule has 2 nitrogen and oxygen atoms in total. The van der Waals surface area contributed by atoms with Gasteiger partial charge in [-0.05, 0) is 12.8 Å². The summed E-state index contributed by atoms with van der Waals surface area (Å²) in [6.45, 7) is 0. The summed E-state index contributed by atoms with van der Waals surface area (Å²) in [5, 5.41) is 2.85. The van der Waals surface area contributed by atoms with E-state index in [2.05, 4.69) is 10.4 Å². The molecule has 2 N–H and O–H groups in total. The third-order valence-corrected chi connectivity index (χ3v) is 3.51. The molecule has 0 aliphatic heterocycles. The number of nitrogens with zero attached hydrogens (tertiary/aromatic N) is 1. The lowest BCUT2D eigenvalue weighted by atomic mass is 9.98. The van der Waals surface area contributed by atoms with Gasteiger partial charge in [0.2, 0.25) is 0 Å². The molecule has 0 radical (unpaired) electrons. The van der Waals surface area contributed by atoms with Crippen molar-refractivity contribution < 1.29 is 0 Å². The van der Waals surface area contributed by atoms with Gasteiger partial charge in [0, 0.05) is 11.3 Å². The maximum Gasteiger partial charge on any atom is 0.180 e. The molecule has 0 aromatic carbocycles. The van der Waals surface area contributed by atoms with Crippen LogP contribution >= 0.6 is 11.3 Å². The van der Waals surface area contributed by atoms with Gasteiger partial charge in [-0.25, -0.2) is 4.98 Å². The highest BCUT2D eigenvalue weighted by Crippen LogP contribution is 2.32. The summed E-state index contributed by atoms with van der Waals surface area (Å²) in [4.78, 5) is 4.37. The molecule has 3 heteroatoms. The molecule has 0 bridgehead atoms. The molecule has 1 saturated carbocycles. The zero-order chi connectivity index (χ0) is 9.10. The van der Waals surface area contributed by atoms with Crippen LogP contribution in [0.2, 0.25) is 0 Å². The molecule has 1 heterocycles. The SMILES string of the molecule is Nc1nc(C2CCCCCC2)cs1. The zero-order valence-corrected chi connectivity index (χ0v) is 8.65. The Hall–Kier alpha value is -0.570. The van der Waals surface area contributed by atoms with Crippen LogP contribution < -0.4 is 5.73 Å². The van der Waals surface area contributed by atoms with Crippen molar-refractivity contribution in [3.05, 3.63) is 11.1 Å². The highest BCUT2D eigenvalue weighted by Gasteiger charge is 2.16. The summed E-state index contributed by atoms with van der Waals surface area (Å²) in [5.74, 6) is 0.691. The fourth-order valence-electron chi connectivity index (χ4n) is 2.06. The monoisotopic (exact) mass is 196 g/mol. The van der Waals surface area contributed by atoms with Crippen LogP contribution in [0.4, 0.5) is 5.13 Å². The minimum atomic E-state index is 0.691. The number of hydrogen-bond donors (Lipinski definition) is 1. The van der Waals surface area contributed by atoms with Crippen molar-refractivity contribution >= 4 is 16.5 Å². The number of rotatable bonds is 1. The third kappa shape index (κ3) is 2.21. The van der Waals surface area contributed by atoms with Crippen molar-refractivity contribution in [2.24, 2.45) is 0 Å². The summed E-state index contributed by atoms with van der Waals surface area (Å²) >= 11 is 1.57. The minimum absolute atomic E-state index is 0.691. The molecule has 0 spiro atoms. The van der Waals surface area contributed by atoms with E-state index in [4.69, 9.17) is 5.73 Å². The first-order valence-corrected chi connectivity index (χ1v) is 5.95. The molecule has 1 aromatic heterocycles. The molecule has 0 unspecified atom stereocenters. The van der Waals surface area contributed by atoms with Gasteiger partial charge < -0.3 is 5.73 Å². The van der Waals surface area contributed by atoms with Gasteiger partial charge in [0.15, 0.2) is 5.13 Å². The largest absolute Gasteiger partial charge is 0.375 e. The first-order chi connectivity index (χ1) is 6.36. The Bertz CT molecular complexity index is 262. The van der Waals surface area contributed by atoms with Crippen LogP contribution in [0.25, 0.3) is 0 Å². The van der Waals surface area contributed by atoms with Crippen molar-refractivity contribution in [2.75, 3.05) is 5.73 Å². The van der Waals surface area contributed by atoms with E-state index < -0.39 is 0 Å². The molecule has 1 aliphatic rings. The smallest absolute Gasteiger partial charge is 0.180 e. The summed E-state index contributed by atoms with van der Waals surface area (Å²) in [7, 11) is 0. The fourth-order valence-corrected chi connectivity index (χ4v) is 2.71. The topological polar surface area (TPSA) is 38.9 Å². The maximum absolute atomic E-state index is 5.63. The second-order valence-corrected chi connectivity index (χ2v) is 4.69. The van der Waals surface area contributed by atoms with E-state index in [1.54, 1.807) is 11.3 Å². The van der Waals surface area contributed by atoms with Crippen LogP contribution in [0.5, 0.6) is 0 Å². The molecular formula is C10H16N2S. The lowest BCUT2D eigenvalue weighted by molar-refractivity contribution is 0.581. The normalized spacial score (nSPS) is 20.0. The molecule has 13 heavy (non-hydrogen) atoms. The number of anilines is 1. The van der Waals surface area contributed by atoms with Crippen molar-refractivity contribution in [2.45, 2.75) is 44.4 Å². The molecule has 1 fully saturated rings. The number of aromatic nitrogens is 1. The summed E-state index contributed by atoms with van der Waals surface area (Å²) in [5.41, 5.74) is 6.87. The van der Waals surface area contributed by atoms with E-state index in [-0.39, 0.29) is 0 Å². The molecule has 72 valence electrons. The van der Waals surface area contributed by atoms with Crippen molar-refractivity contribution in [1.29, 1.82) is 0 Å². The Kier molecular flexibility index (Phi) is 2.83. The van der Waals surface area contributed by atoms with Gasteiger partial charge in [0.1, 0.15) is 0 Å². The molecule has 0 amide bonds. The van der Waals surface area contributed by atoms with E-state index in [1.807, 2.05) is 0 Å². The predicted molar refractivity (Wildman–Crippen MR) is 57.0 cm³/mol. The van der Waals surface area contributed by atoms with E-state index in [0.29, 0.717) is 5.92 Å². The van der Waals surface area contributed by atoms with E-state index in [0.717, 1.165) is 5.13 Å². The minimum Gasteiger partial charge on any atom is -0.375 e. The second kappa shape index (κ2) is 4.09. The first kappa shape index (κ1) is 9.00.